The molecule has 0 heterocycles. The van der Waals surface area contributed by atoms with Crippen LogP contribution in [-0.2, 0) is 19.1 Å². The number of ether oxygens (including phenoxy) is 1. The van der Waals surface area contributed by atoms with Crippen molar-refractivity contribution in [2.75, 3.05) is 0 Å². The average Bonchev–Trinajstić information content (AvgIpc) is 2.99. The summed E-state index contributed by atoms with van der Waals surface area (Å²) < 4.78 is 5.92. The summed E-state index contributed by atoms with van der Waals surface area (Å²) in [5.74, 6) is 1.48. The van der Waals surface area contributed by atoms with Gasteiger partial charge >= 0.3 is 11.9 Å². The van der Waals surface area contributed by atoms with E-state index in [2.05, 4.69) is 20.8 Å². The van der Waals surface area contributed by atoms with Gasteiger partial charge in [-0.05, 0) is 87.0 Å². The van der Waals surface area contributed by atoms with Crippen molar-refractivity contribution in [3.05, 3.63) is 11.6 Å². The van der Waals surface area contributed by atoms with E-state index in [0.717, 1.165) is 32.1 Å². The molecular formula is C25H36O5. The summed E-state index contributed by atoms with van der Waals surface area (Å²) >= 11 is 0. The lowest BCUT2D eigenvalue weighted by Crippen LogP contribution is -2.54. The van der Waals surface area contributed by atoms with Crippen LogP contribution in [0.15, 0.2) is 11.6 Å². The Bertz CT molecular complexity index is 770. The molecule has 0 aromatic rings. The predicted octanol–water partition coefficient (Wildman–Crippen LogP) is 4.93. The Morgan fingerprint density at radius 3 is 2.60 bits per heavy atom. The number of fused-ring (bicyclic) bond motifs is 5. The lowest BCUT2D eigenvalue weighted by Gasteiger charge is -2.60. The van der Waals surface area contributed by atoms with Gasteiger partial charge in [0.1, 0.15) is 6.10 Å². The molecule has 0 spiro atoms. The first kappa shape index (κ1) is 21.6. The third kappa shape index (κ3) is 3.42. The normalized spacial score (nSPS) is 42.6. The number of hydrogen-bond donors (Lipinski definition) is 1. The molecule has 0 aromatic heterocycles. The molecule has 4 aliphatic rings. The zero-order valence-electron chi connectivity index (χ0n) is 18.6. The molecule has 0 aliphatic heterocycles. The molecule has 0 radical (unpaired) electrons. The fraction of sp³-hybridized carbons (Fsp3) is 0.800. The minimum absolute atomic E-state index is 0.0124. The first-order valence-electron chi connectivity index (χ1n) is 11.8. The number of carboxylic acids is 1. The average molecular weight is 417 g/mol. The summed E-state index contributed by atoms with van der Waals surface area (Å²) in [5, 5.41) is 8.78. The van der Waals surface area contributed by atoms with Crippen LogP contribution in [0, 0.1) is 34.5 Å². The van der Waals surface area contributed by atoms with E-state index in [1.807, 2.05) is 6.08 Å². The number of carboxylic acid groups (broad SMARTS) is 1. The van der Waals surface area contributed by atoms with Crippen LogP contribution < -0.4 is 0 Å². The van der Waals surface area contributed by atoms with Gasteiger partial charge in [0.25, 0.3) is 0 Å². The van der Waals surface area contributed by atoms with E-state index in [0.29, 0.717) is 42.3 Å². The summed E-state index contributed by atoms with van der Waals surface area (Å²) in [5.41, 5.74) is 1.43. The van der Waals surface area contributed by atoms with Crippen LogP contribution in [0.25, 0.3) is 0 Å². The van der Waals surface area contributed by atoms with Gasteiger partial charge in [-0.3, -0.25) is 14.4 Å². The van der Waals surface area contributed by atoms with Crippen LogP contribution >= 0.6 is 0 Å². The predicted molar refractivity (Wildman–Crippen MR) is 113 cm³/mol. The maximum Gasteiger partial charge on any atom is 0.306 e. The topological polar surface area (TPSA) is 80.7 Å². The molecule has 0 bridgehead atoms. The molecule has 166 valence electrons. The number of carbonyl (C=O) groups is 3. The van der Waals surface area contributed by atoms with Gasteiger partial charge in [0.15, 0.2) is 5.78 Å². The number of esters is 1. The van der Waals surface area contributed by atoms with Crippen molar-refractivity contribution >= 4 is 17.7 Å². The Morgan fingerprint density at radius 1 is 1.10 bits per heavy atom. The second-order valence-electron chi connectivity index (χ2n) is 10.8. The molecule has 0 aromatic carbocycles. The first-order valence-corrected chi connectivity index (χ1v) is 11.8. The van der Waals surface area contributed by atoms with Gasteiger partial charge < -0.3 is 9.84 Å². The highest BCUT2D eigenvalue weighted by Crippen LogP contribution is 2.66. The van der Waals surface area contributed by atoms with Crippen molar-refractivity contribution < 1.29 is 24.2 Å². The molecule has 3 saturated carbocycles. The number of hydrogen-bond acceptors (Lipinski definition) is 4. The number of ketones is 1. The van der Waals surface area contributed by atoms with E-state index >= 15 is 0 Å². The first-order chi connectivity index (χ1) is 14.2. The van der Waals surface area contributed by atoms with E-state index in [1.54, 1.807) is 0 Å². The Kier molecular flexibility index (Phi) is 5.61. The van der Waals surface area contributed by atoms with E-state index in [1.165, 1.54) is 12.0 Å². The van der Waals surface area contributed by atoms with Crippen molar-refractivity contribution in [3.8, 4) is 0 Å². The van der Waals surface area contributed by atoms with Crippen LogP contribution in [0.3, 0.4) is 0 Å². The quantitative estimate of drug-likeness (QED) is 0.643. The summed E-state index contributed by atoms with van der Waals surface area (Å²) in [4.78, 5) is 35.2. The Morgan fingerprint density at radius 2 is 1.87 bits per heavy atom. The number of aliphatic carboxylic acids is 1. The van der Waals surface area contributed by atoms with Crippen LogP contribution in [0.4, 0.5) is 0 Å². The SMILES string of the molecule is CC1=CC(=O)C[C@@H]2CC[C@H]3[C@@H]4CC[C@H](OC(=O)CCCC(=O)O)[C@@]4(C)CC[C@@H]3[C@@]12C. The Labute approximate surface area is 179 Å². The minimum Gasteiger partial charge on any atom is -0.481 e. The van der Waals surface area contributed by atoms with E-state index in [-0.39, 0.29) is 35.7 Å². The van der Waals surface area contributed by atoms with Gasteiger partial charge in [0.2, 0.25) is 0 Å². The van der Waals surface area contributed by atoms with Gasteiger partial charge in [-0.15, -0.1) is 0 Å². The van der Waals surface area contributed by atoms with Gasteiger partial charge in [0.05, 0.1) is 0 Å². The van der Waals surface area contributed by atoms with E-state index in [9.17, 15) is 14.4 Å². The zero-order chi connectivity index (χ0) is 21.7. The number of allylic oxidation sites excluding steroid dienone is 2. The van der Waals surface area contributed by atoms with Crippen molar-refractivity contribution in [3.63, 3.8) is 0 Å². The number of carbonyl (C=O) groups excluding carboxylic acids is 2. The molecule has 5 nitrogen and oxygen atoms in total. The van der Waals surface area contributed by atoms with Crippen LogP contribution in [0.1, 0.15) is 85.0 Å². The van der Waals surface area contributed by atoms with E-state index in [4.69, 9.17) is 9.84 Å². The van der Waals surface area contributed by atoms with Gasteiger partial charge in [-0.25, -0.2) is 0 Å². The Hall–Kier alpha value is -1.65. The fourth-order valence-corrected chi connectivity index (χ4v) is 7.81. The van der Waals surface area contributed by atoms with Crippen LogP contribution in [0.2, 0.25) is 0 Å². The largest absolute Gasteiger partial charge is 0.481 e. The highest BCUT2D eigenvalue weighted by molar-refractivity contribution is 5.91. The standard InChI is InChI=1S/C25H36O5/c1-15-13-17(26)14-16-7-8-18-19-9-10-21(30-23(29)6-4-5-22(27)28)24(19,2)12-11-20(18)25(15,16)3/h13,16,18-21H,4-12,14H2,1-3H3,(H,27,28)/t16-,18-,19-,20-,21-,24-,25-/m0/s1. The van der Waals surface area contributed by atoms with Crippen molar-refractivity contribution in [2.45, 2.75) is 91.1 Å². The minimum atomic E-state index is -0.869. The van der Waals surface area contributed by atoms with Gasteiger partial charge in [-0.1, -0.05) is 19.4 Å². The Balaban J connectivity index is 1.47. The molecule has 30 heavy (non-hydrogen) atoms. The van der Waals surface area contributed by atoms with Crippen LogP contribution in [-0.4, -0.2) is 28.9 Å². The van der Waals surface area contributed by atoms with Crippen molar-refractivity contribution in [1.29, 1.82) is 0 Å². The molecule has 4 aliphatic carbocycles. The third-order valence-corrected chi connectivity index (χ3v) is 9.54. The molecule has 0 amide bonds. The van der Waals surface area contributed by atoms with Gasteiger partial charge in [-0.2, -0.15) is 0 Å². The monoisotopic (exact) mass is 416 g/mol. The molecule has 0 saturated heterocycles. The smallest absolute Gasteiger partial charge is 0.306 e. The molecular weight excluding hydrogens is 380 g/mol. The molecule has 1 N–H and O–H groups in total. The third-order valence-electron chi connectivity index (χ3n) is 9.54. The highest BCUT2D eigenvalue weighted by atomic mass is 16.5. The fourth-order valence-electron chi connectivity index (χ4n) is 7.81. The summed E-state index contributed by atoms with van der Waals surface area (Å²) in [6.45, 7) is 6.89. The maximum absolute atomic E-state index is 12.3. The number of rotatable bonds is 5. The molecule has 4 rings (SSSR count). The lowest BCUT2D eigenvalue weighted by atomic mass is 9.45. The van der Waals surface area contributed by atoms with E-state index < -0.39 is 5.97 Å². The highest BCUT2D eigenvalue weighted by Gasteiger charge is 2.61. The lowest BCUT2D eigenvalue weighted by molar-refractivity contribution is -0.161. The molecule has 5 heteroatoms. The summed E-state index contributed by atoms with van der Waals surface area (Å²) in [6.07, 6.45) is 9.64. The van der Waals surface area contributed by atoms with Crippen molar-refractivity contribution in [1.82, 2.24) is 0 Å². The second kappa shape index (κ2) is 7.80. The zero-order valence-corrected chi connectivity index (χ0v) is 18.6. The molecule has 3 fully saturated rings. The maximum atomic E-state index is 12.3. The van der Waals surface area contributed by atoms with Crippen molar-refractivity contribution in [2.24, 2.45) is 34.5 Å². The summed E-state index contributed by atoms with van der Waals surface area (Å²) in [6, 6.07) is 0. The van der Waals surface area contributed by atoms with Crippen LogP contribution in [0.5, 0.6) is 0 Å². The summed E-state index contributed by atoms with van der Waals surface area (Å²) in [7, 11) is 0. The molecule has 7 atom stereocenters. The molecule has 0 unspecified atom stereocenters. The second-order valence-corrected chi connectivity index (χ2v) is 10.8. The van der Waals surface area contributed by atoms with Gasteiger partial charge in [0, 0.05) is 24.7 Å².